The van der Waals surface area contributed by atoms with Crippen molar-refractivity contribution in [1.82, 2.24) is 4.90 Å². The third kappa shape index (κ3) is 4.95. The molecule has 110 valence electrons. The fourth-order valence-corrected chi connectivity index (χ4v) is 2.78. The highest BCUT2D eigenvalue weighted by molar-refractivity contribution is 5.76. The van der Waals surface area contributed by atoms with Crippen molar-refractivity contribution in [2.24, 2.45) is 0 Å². The van der Waals surface area contributed by atoms with Crippen molar-refractivity contribution in [1.29, 1.82) is 0 Å². The fourth-order valence-electron chi connectivity index (χ4n) is 2.78. The van der Waals surface area contributed by atoms with Crippen LogP contribution in [0.3, 0.4) is 0 Å². The van der Waals surface area contributed by atoms with Crippen molar-refractivity contribution in [3.8, 4) is 0 Å². The van der Waals surface area contributed by atoms with Gasteiger partial charge in [-0.1, -0.05) is 25.0 Å². The summed E-state index contributed by atoms with van der Waals surface area (Å²) >= 11 is 0. The molecular weight excluding hydrogens is 253 g/mol. The lowest BCUT2D eigenvalue weighted by atomic mass is 10.1. The first-order chi connectivity index (χ1) is 9.75. The summed E-state index contributed by atoms with van der Waals surface area (Å²) in [5.41, 5.74) is 1.07. The van der Waals surface area contributed by atoms with Crippen molar-refractivity contribution in [3.05, 3.63) is 35.6 Å². The Morgan fingerprint density at radius 2 is 1.85 bits per heavy atom. The van der Waals surface area contributed by atoms with Gasteiger partial charge in [-0.25, -0.2) is 4.39 Å². The molecule has 20 heavy (non-hydrogen) atoms. The average molecular weight is 277 g/mol. The SMILES string of the molecule is O=C(CCCCCCc1cccc(F)c1)N1CCCC1. The lowest BCUT2D eigenvalue weighted by molar-refractivity contribution is -0.130. The Kier molecular flexibility index (Phi) is 6.03. The fraction of sp³-hybridized carbons (Fsp3) is 0.588. The summed E-state index contributed by atoms with van der Waals surface area (Å²) in [5.74, 6) is 0.173. The Hall–Kier alpha value is -1.38. The van der Waals surface area contributed by atoms with E-state index in [1.165, 1.54) is 18.9 Å². The summed E-state index contributed by atoms with van der Waals surface area (Å²) in [6.45, 7) is 1.91. The molecule has 0 aliphatic carbocycles. The summed E-state index contributed by atoms with van der Waals surface area (Å²) in [5, 5.41) is 0. The number of amides is 1. The second-order valence-electron chi connectivity index (χ2n) is 5.63. The van der Waals surface area contributed by atoms with E-state index in [-0.39, 0.29) is 5.82 Å². The highest BCUT2D eigenvalue weighted by Crippen LogP contribution is 2.13. The van der Waals surface area contributed by atoms with Gasteiger partial charge in [-0.2, -0.15) is 0 Å². The zero-order valence-corrected chi connectivity index (χ0v) is 12.1. The normalized spacial score (nSPS) is 14.8. The van der Waals surface area contributed by atoms with E-state index in [0.29, 0.717) is 12.3 Å². The molecule has 0 saturated carbocycles. The summed E-state index contributed by atoms with van der Waals surface area (Å²) in [6, 6.07) is 6.82. The van der Waals surface area contributed by atoms with E-state index in [0.717, 1.165) is 50.8 Å². The maximum absolute atomic E-state index is 13.0. The molecule has 1 aliphatic rings. The van der Waals surface area contributed by atoms with Crippen LogP contribution in [0.25, 0.3) is 0 Å². The molecule has 0 radical (unpaired) electrons. The van der Waals surface area contributed by atoms with Gasteiger partial charge in [-0.3, -0.25) is 4.79 Å². The Morgan fingerprint density at radius 1 is 1.10 bits per heavy atom. The quantitative estimate of drug-likeness (QED) is 0.691. The van der Waals surface area contributed by atoms with Gasteiger partial charge in [-0.05, 0) is 49.8 Å². The standard InChI is InChI=1S/C17H24FNO/c18-16-10-7-9-15(14-16)8-3-1-2-4-11-17(20)19-12-5-6-13-19/h7,9-10,14H,1-6,8,11-13H2. The minimum absolute atomic E-state index is 0.154. The first kappa shape index (κ1) is 15.0. The van der Waals surface area contributed by atoms with Gasteiger partial charge >= 0.3 is 0 Å². The van der Waals surface area contributed by atoms with Crippen LogP contribution in [-0.2, 0) is 11.2 Å². The van der Waals surface area contributed by atoms with Crippen LogP contribution in [0.5, 0.6) is 0 Å². The van der Waals surface area contributed by atoms with Gasteiger partial charge in [0, 0.05) is 19.5 Å². The predicted molar refractivity (Wildman–Crippen MR) is 79.0 cm³/mol. The number of carbonyl (C=O) groups excluding carboxylic acids is 1. The molecule has 0 spiro atoms. The maximum Gasteiger partial charge on any atom is 0.222 e. The molecule has 1 heterocycles. The zero-order chi connectivity index (χ0) is 14.2. The number of aryl methyl sites for hydroxylation is 1. The molecule has 2 rings (SSSR count). The van der Waals surface area contributed by atoms with Crippen LogP contribution in [0, 0.1) is 5.82 Å². The number of hydrogen-bond donors (Lipinski definition) is 0. The van der Waals surface area contributed by atoms with Gasteiger partial charge < -0.3 is 4.90 Å². The van der Waals surface area contributed by atoms with Crippen molar-refractivity contribution in [3.63, 3.8) is 0 Å². The lowest BCUT2D eigenvalue weighted by Crippen LogP contribution is -2.27. The van der Waals surface area contributed by atoms with Crippen LogP contribution < -0.4 is 0 Å². The summed E-state index contributed by atoms with van der Waals surface area (Å²) in [6.07, 6.45) is 8.22. The number of nitrogens with zero attached hydrogens (tertiary/aromatic N) is 1. The molecule has 0 bridgehead atoms. The highest BCUT2D eigenvalue weighted by atomic mass is 19.1. The minimum atomic E-state index is -0.154. The maximum atomic E-state index is 13.0. The van der Waals surface area contributed by atoms with Crippen LogP contribution in [0.1, 0.15) is 50.5 Å². The topological polar surface area (TPSA) is 20.3 Å². The predicted octanol–water partition coefficient (Wildman–Crippen LogP) is 3.94. The Balaban J connectivity index is 1.52. The Morgan fingerprint density at radius 3 is 2.60 bits per heavy atom. The molecule has 0 unspecified atom stereocenters. The summed E-state index contributed by atoms with van der Waals surface area (Å²) < 4.78 is 13.0. The average Bonchev–Trinajstić information content (AvgIpc) is 2.96. The highest BCUT2D eigenvalue weighted by Gasteiger charge is 2.16. The van der Waals surface area contributed by atoms with E-state index >= 15 is 0 Å². The molecule has 1 fully saturated rings. The molecule has 0 atom stereocenters. The van der Waals surface area contributed by atoms with Gasteiger partial charge in [0.2, 0.25) is 5.91 Å². The van der Waals surface area contributed by atoms with Crippen molar-refractivity contribution in [2.75, 3.05) is 13.1 Å². The molecule has 1 amide bonds. The van der Waals surface area contributed by atoms with Crippen LogP contribution >= 0.6 is 0 Å². The van der Waals surface area contributed by atoms with E-state index in [9.17, 15) is 9.18 Å². The molecule has 3 heteroatoms. The molecule has 1 aliphatic heterocycles. The van der Waals surface area contributed by atoms with Crippen molar-refractivity contribution >= 4 is 5.91 Å². The van der Waals surface area contributed by atoms with Gasteiger partial charge in [0.25, 0.3) is 0 Å². The van der Waals surface area contributed by atoms with Gasteiger partial charge in [0.05, 0.1) is 0 Å². The molecule has 2 nitrogen and oxygen atoms in total. The van der Waals surface area contributed by atoms with Gasteiger partial charge in [0.1, 0.15) is 5.82 Å². The number of carbonyl (C=O) groups is 1. The third-order valence-corrected chi connectivity index (χ3v) is 3.95. The van der Waals surface area contributed by atoms with Crippen LogP contribution in [0.4, 0.5) is 4.39 Å². The van der Waals surface area contributed by atoms with Crippen LogP contribution in [-0.4, -0.2) is 23.9 Å². The van der Waals surface area contributed by atoms with E-state index in [2.05, 4.69) is 0 Å². The smallest absolute Gasteiger partial charge is 0.222 e. The molecule has 0 aromatic heterocycles. The molecule has 0 N–H and O–H groups in total. The second-order valence-corrected chi connectivity index (χ2v) is 5.63. The van der Waals surface area contributed by atoms with Gasteiger partial charge in [0.15, 0.2) is 0 Å². The monoisotopic (exact) mass is 277 g/mol. The number of unbranched alkanes of at least 4 members (excludes halogenated alkanes) is 3. The van der Waals surface area contributed by atoms with Crippen LogP contribution in [0.15, 0.2) is 24.3 Å². The summed E-state index contributed by atoms with van der Waals surface area (Å²) in [7, 11) is 0. The molecule has 1 aromatic carbocycles. The number of likely N-dealkylation sites (tertiary alicyclic amines) is 1. The summed E-state index contributed by atoms with van der Waals surface area (Å²) in [4.78, 5) is 13.8. The number of benzene rings is 1. The largest absolute Gasteiger partial charge is 0.343 e. The minimum Gasteiger partial charge on any atom is -0.343 e. The Labute approximate surface area is 121 Å². The van der Waals surface area contributed by atoms with E-state index in [4.69, 9.17) is 0 Å². The first-order valence-electron chi connectivity index (χ1n) is 7.78. The van der Waals surface area contributed by atoms with E-state index in [1.807, 2.05) is 11.0 Å². The van der Waals surface area contributed by atoms with E-state index < -0.39 is 0 Å². The first-order valence-corrected chi connectivity index (χ1v) is 7.78. The number of rotatable bonds is 7. The van der Waals surface area contributed by atoms with Crippen molar-refractivity contribution in [2.45, 2.75) is 51.4 Å². The van der Waals surface area contributed by atoms with Crippen molar-refractivity contribution < 1.29 is 9.18 Å². The number of hydrogen-bond acceptors (Lipinski definition) is 1. The van der Waals surface area contributed by atoms with Gasteiger partial charge in [-0.15, -0.1) is 0 Å². The van der Waals surface area contributed by atoms with E-state index in [1.54, 1.807) is 12.1 Å². The number of halogens is 1. The third-order valence-electron chi connectivity index (χ3n) is 3.95. The zero-order valence-electron chi connectivity index (χ0n) is 12.1. The van der Waals surface area contributed by atoms with Crippen LogP contribution in [0.2, 0.25) is 0 Å². The molecular formula is C17H24FNO. The second kappa shape index (κ2) is 8.03. The lowest BCUT2D eigenvalue weighted by Gasteiger charge is -2.14. The molecule has 1 aromatic rings. The molecule has 1 saturated heterocycles. The Bertz CT molecular complexity index is 427.